The van der Waals surface area contributed by atoms with Gasteiger partial charge in [-0.1, -0.05) is 0 Å². The first-order valence-corrected chi connectivity index (χ1v) is 5.24. The third kappa shape index (κ3) is 3.74. The van der Waals surface area contributed by atoms with Crippen LogP contribution in [-0.2, 0) is 16.6 Å². The van der Waals surface area contributed by atoms with E-state index < -0.39 is 18.1 Å². The fourth-order valence-corrected chi connectivity index (χ4v) is 1.35. The van der Waals surface area contributed by atoms with Gasteiger partial charge in [-0.3, -0.25) is 4.68 Å². The summed E-state index contributed by atoms with van der Waals surface area (Å²) in [5.41, 5.74) is 1.24. The number of methoxy groups -OCH3 is 1. The first-order valence-electron chi connectivity index (χ1n) is 5.24. The van der Waals surface area contributed by atoms with Crippen LogP contribution in [0.15, 0.2) is 6.20 Å². The molecule has 0 aliphatic rings. The van der Waals surface area contributed by atoms with Crippen LogP contribution in [0.2, 0.25) is 0 Å². The molecule has 0 aliphatic heterocycles. The number of carbonyl (C=O) groups excluding carboxylic acids is 1. The predicted molar refractivity (Wildman–Crippen MR) is 63.4 cm³/mol. The summed E-state index contributed by atoms with van der Waals surface area (Å²) >= 11 is 0. The molecule has 0 radical (unpaired) electrons. The van der Waals surface area contributed by atoms with Crippen LogP contribution in [0.3, 0.4) is 0 Å². The van der Waals surface area contributed by atoms with Crippen molar-refractivity contribution in [1.29, 1.82) is 0 Å². The number of ether oxygens (including phenoxy) is 1. The predicted octanol–water partition coefficient (Wildman–Crippen LogP) is -0.0504. The molecule has 0 aromatic carbocycles. The molecule has 0 fully saturated rings. The van der Waals surface area contributed by atoms with E-state index in [9.17, 15) is 9.59 Å². The summed E-state index contributed by atoms with van der Waals surface area (Å²) in [7, 11) is 3.01. The van der Waals surface area contributed by atoms with Gasteiger partial charge in [-0.05, 0) is 6.92 Å². The Balaban J connectivity index is 2.47. The molecule has 3 N–H and O–H groups in total. The van der Waals surface area contributed by atoms with E-state index in [0.717, 1.165) is 0 Å². The number of anilines is 1. The van der Waals surface area contributed by atoms with E-state index in [1.165, 1.54) is 7.11 Å². The Morgan fingerprint density at radius 2 is 2.28 bits per heavy atom. The van der Waals surface area contributed by atoms with E-state index in [1.807, 2.05) is 0 Å². The van der Waals surface area contributed by atoms with Crippen molar-refractivity contribution in [3.8, 4) is 0 Å². The van der Waals surface area contributed by atoms with Crippen molar-refractivity contribution in [1.82, 2.24) is 15.1 Å². The van der Waals surface area contributed by atoms with Gasteiger partial charge in [-0.2, -0.15) is 5.10 Å². The summed E-state index contributed by atoms with van der Waals surface area (Å²) in [5.74, 6) is -1.13. The molecule has 1 heterocycles. The molecule has 1 unspecified atom stereocenters. The van der Waals surface area contributed by atoms with Gasteiger partial charge >= 0.3 is 12.0 Å². The van der Waals surface area contributed by atoms with E-state index in [0.29, 0.717) is 11.4 Å². The molecule has 0 spiro atoms. The van der Waals surface area contributed by atoms with Gasteiger partial charge in [-0.25, -0.2) is 9.59 Å². The largest absolute Gasteiger partial charge is 0.479 e. The third-order valence-corrected chi connectivity index (χ3v) is 2.27. The van der Waals surface area contributed by atoms with Gasteiger partial charge in [0.15, 0.2) is 6.10 Å². The lowest BCUT2D eigenvalue weighted by molar-refractivity contribution is -0.147. The second-order valence-corrected chi connectivity index (χ2v) is 3.70. The van der Waals surface area contributed by atoms with Gasteiger partial charge in [-0.15, -0.1) is 0 Å². The summed E-state index contributed by atoms with van der Waals surface area (Å²) in [5, 5.41) is 17.7. The second kappa shape index (κ2) is 6.01. The minimum atomic E-state index is -1.13. The van der Waals surface area contributed by atoms with Crippen LogP contribution in [0.25, 0.3) is 0 Å². The molecule has 0 aliphatic carbocycles. The van der Waals surface area contributed by atoms with Crippen LogP contribution >= 0.6 is 0 Å². The van der Waals surface area contributed by atoms with Gasteiger partial charge < -0.3 is 20.5 Å². The first-order chi connectivity index (χ1) is 8.43. The van der Waals surface area contributed by atoms with Crippen molar-refractivity contribution >= 4 is 17.7 Å². The summed E-state index contributed by atoms with van der Waals surface area (Å²) < 4.78 is 6.25. The SMILES string of the molecule is COC(CNC(=O)Nc1cn(C)nc1C)C(=O)O. The molecule has 0 bridgehead atoms. The Bertz CT molecular complexity index is 443. The molecule has 0 saturated carbocycles. The van der Waals surface area contributed by atoms with Crippen molar-refractivity contribution in [2.75, 3.05) is 19.0 Å². The second-order valence-electron chi connectivity index (χ2n) is 3.70. The van der Waals surface area contributed by atoms with E-state index >= 15 is 0 Å². The van der Waals surface area contributed by atoms with E-state index in [1.54, 1.807) is 24.9 Å². The zero-order valence-electron chi connectivity index (χ0n) is 10.4. The van der Waals surface area contributed by atoms with E-state index in [4.69, 9.17) is 5.11 Å². The third-order valence-electron chi connectivity index (χ3n) is 2.27. The maximum atomic E-state index is 11.5. The number of aromatic nitrogens is 2. The zero-order valence-corrected chi connectivity index (χ0v) is 10.4. The minimum absolute atomic E-state index is 0.114. The fourth-order valence-electron chi connectivity index (χ4n) is 1.35. The molecule has 0 saturated heterocycles. The molecule has 100 valence electrons. The average Bonchev–Trinajstić information content (AvgIpc) is 2.57. The Kier molecular flexibility index (Phi) is 4.67. The van der Waals surface area contributed by atoms with Gasteiger partial charge in [0.25, 0.3) is 0 Å². The fraction of sp³-hybridized carbons (Fsp3) is 0.500. The Morgan fingerprint density at radius 1 is 1.61 bits per heavy atom. The number of aliphatic carboxylic acids is 1. The molecule has 18 heavy (non-hydrogen) atoms. The van der Waals surface area contributed by atoms with Crippen molar-refractivity contribution in [2.24, 2.45) is 7.05 Å². The van der Waals surface area contributed by atoms with Crippen LogP contribution in [0.4, 0.5) is 10.5 Å². The zero-order chi connectivity index (χ0) is 13.7. The number of hydrogen-bond donors (Lipinski definition) is 3. The highest BCUT2D eigenvalue weighted by Gasteiger charge is 2.17. The van der Waals surface area contributed by atoms with Gasteiger partial charge in [0, 0.05) is 20.4 Å². The Labute approximate surface area is 104 Å². The van der Waals surface area contributed by atoms with Crippen LogP contribution in [-0.4, -0.2) is 46.6 Å². The molecule has 8 heteroatoms. The summed E-state index contributed by atoms with van der Waals surface area (Å²) in [6, 6.07) is -0.505. The molecular formula is C10H16N4O4. The van der Waals surface area contributed by atoms with Crippen molar-refractivity contribution in [3.05, 3.63) is 11.9 Å². The lowest BCUT2D eigenvalue weighted by Gasteiger charge is -2.11. The average molecular weight is 256 g/mol. The Morgan fingerprint density at radius 3 is 2.72 bits per heavy atom. The lowest BCUT2D eigenvalue weighted by atomic mass is 10.3. The first kappa shape index (κ1) is 14.0. The van der Waals surface area contributed by atoms with Gasteiger partial charge in [0.1, 0.15) is 0 Å². The van der Waals surface area contributed by atoms with Crippen LogP contribution in [0, 0.1) is 6.92 Å². The molecule has 1 aromatic rings. The van der Waals surface area contributed by atoms with E-state index in [-0.39, 0.29) is 6.54 Å². The van der Waals surface area contributed by atoms with Crippen LogP contribution < -0.4 is 10.6 Å². The molecule has 1 aromatic heterocycles. The number of carboxylic acids is 1. The van der Waals surface area contributed by atoms with Crippen LogP contribution in [0.1, 0.15) is 5.69 Å². The van der Waals surface area contributed by atoms with Crippen LogP contribution in [0.5, 0.6) is 0 Å². The maximum Gasteiger partial charge on any atom is 0.334 e. The van der Waals surface area contributed by atoms with E-state index in [2.05, 4.69) is 20.5 Å². The highest BCUT2D eigenvalue weighted by molar-refractivity contribution is 5.90. The minimum Gasteiger partial charge on any atom is -0.479 e. The van der Waals surface area contributed by atoms with Gasteiger partial charge in [0.2, 0.25) is 0 Å². The van der Waals surface area contributed by atoms with Gasteiger partial charge in [0.05, 0.1) is 17.9 Å². The molecule has 8 nitrogen and oxygen atoms in total. The number of aryl methyl sites for hydroxylation is 2. The maximum absolute atomic E-state index is 11.5. The quantitative estimate of drug-likeness (QED) is 0.685. The number of nitrogens with one attached hydrogen (secondary N) is 2. The Hall–Kier alpha value is -2.09. The van der Waals surface area contributed by atoms with Crippen molar-refractivity contribution in [3.63, 3.8) is 0 Å². The molecule has 1 atom stereocenters. The highest BCUT2D eigenvalue weighted by atomic mass is 16.5. The smallest absolute Gasteiger partial charge is 0.334 e. The normalized spacial score (nSPS) is 11.9. The monoisotopic (exact) mass is 256 g/mol. The lowest BCUT2D eigenvalue weighted by Crippen LogP contribution is -2.39. The topological polar surface area (TPSA) is 105 Å². The summed E-state index contributed by atoms with van der Waals surface area (Å²) in [6.45, 7) is 1.64. The number of hydrogen-bond acceptors (Lipinski definition) is 4. The number of urea groups is 1. The van der Waals surface area contributed by atoms with Crippen molar-refractivity contribution in [2.45, 2.75) is 13.0 Å². The highest BCUT2D eigenvalue weighted by Crippen LogP contribution is 2.10. The molecule has 2 amide bonds. The number of nitrogens with zero attached hydrogens (tertiary/aromatic N) is 2. The summed E-state index contributed by atoms with van der Waals surface area (Å²) in [6.07, 6.45) is 0.589. The number of rotatable bonds is 5. The standard InChI is InChI=1S/C10H16N4O4/c1-6-7(5-14(2)13-6)12-10(17)11-4-8(18-3)9(15)16/h5,8H,4H2,1-3H3,(H,15,16)(H2,11,12,17). The summed E-state index contributed by atoms with van der Waals surface area (Å²) in [4.78, 5) is 22.2. The number of carboxylic acid groups (broad SMARTS) is 1. The number of amides is 2. The van der Waals surface area contributed by atoms with Crippen molar-refractivity contribution < 1.29 is 19.4 Å². The number of carbonyl (C=O) groups is 2. The molecular weight excluding hydrogens is 240 g/mol. The molecule has 1 rings (SSSR count).